The average Bonchev–Trinajstić information content (AvgIpc) is 2.46. The van der Waals surface area contributed by atoms with Crippen LogP contribution in [0, 0.1) is 0 Å². The Hall–Kier alpha value is -2.33. The summed E-state index contributed by atoms with van der Waals surface area (Å²) in [5, 5.41) is 8.88. The number of benzene rings is 1. The predicted octanol–water partition coefficient (Wildman–Crippen LogP) is -0.758. The molecule has 2 rings (SSSR count). The number of carbonyl (C=O) groups is 1. The van der Waals surface area contributed by atoms with E-state index in [1.807, 2.05) is 54.6 Å². The van der Waals surface area contributed by atoms with Crippen molar-refractivity contribution in [1.82, 2.24) is 0 Å². The SMILES string of the molecule is COc1cccc(/C=C/c2cccc[n+]2CC(=O)O)c1.[Cl-]. The molecule has 0 radical (unpaired) electrons. The van der Waals surface area contributed by atoms with Crippen LogP contribution in [-0.2, 0) is 11.3 Å². The van der Waals surface area contributed by atoms with E-state index in [1.54, 1.807) is 17.9 Å². The Morgan fingerprint density at radius 2 is 2.05 bits per heavy atom. The number of halogens is 1. The van der Waals surface area contributed by atoms with Gasteiger partial charge in [-0.05, 0) is 29.8 Å². The number of pyridine rings is 1. The molecular weight excluding hydrogens is 290 g/mol. The Balaban J connectivity index is 0.00000220. The molecule has 21 heavy (non-hydrogen) atoms. The van der Waals surface area contributed by atoms with Gasteiger partial charge in [-0.25, -0.2) is 4.79 Å². The van der Waals surface area contributed by atoms with E-state index in [0.29, 0.717) is 0 Å². The zero-order chi connectivity index (χ0) is 14.4. The zero-order valence-electron chi connectivity index (χ0n) is 11.6. The van der Waals surface area contributed by atoms with Gasteiger partial charge in [-0.15, -0.1) is 0 Å². The highest BCUT2D eigenvalue weighted by Gasteiger charge is 2.10. The number of methoxy groups -OCH3 is 1. The summed E-state index contributed by atoms with van der Waals surface area (Å²) in [6.07, 6.45) is 5.56. The molecule has 110 valence electrons. The van der Waals surface area contributed by atoms with Gasteiger partial charge in [0, 0.05) is 18.2 Å². The normalized spacial score (nSPS) is 10.1. The lowest BCUT2D eigenvalue weighted by Gasteiger charge is -2.00. The summed E-state index contributed by atoms with van der Waals surface area (Å²) in [5.74, 6) is -0.0733. The zero-order valence-corrected chi connectivity index (χ0v) is 12.3. The molecule has 5 heteroatoms. The van der Waals surface area contributed by atoms with E-state index >= 15 is 0 Å². The van der Waals surface area contributed by atoms with Crippen LogP contribution in [0.4, 0.5) is 0 Å². The number of aromatic nitrogens is 1. The summed E-state index contributed by atoms with van der Waals surface area (Å²) >= 11 is 0. The first-order valence-electron chi connectivity index (χ1n) is 6.21. The third kappa shape index (κ3) is 4.93. The maximum absolute atomic E-state index is 10.8. The number of hydrogen-bond acceptors (Lipinski definition) is 2. The van der Waals surface area contributed by atoms with E-state index in [2.05, 4.69) is 0 Å². The van der Waals surface area contributed by atoms with E-state index in [9.17, 15) is 4.79 Å². The van der Waals surface area contributed by atoms with Crippen LogP contribution in [0.3, 0.4) is 0 Å². The molecule has 0 unspecified atom stereocenters. The topological polar surface area (TPSA) is 50.4 Å². The lowest BCUT2D eigenvalue weighted by Crippen LogP contribution is -3.00. The first-order chi connectivity index (χ1) is 9.69. The van der Waals surface area contributed by atoms with Gasteiger partial charge >= 0.3 is 5.97 Å². The molecule has 0 saturated heterocycles. The largest absolute Gasteiger partial charge is 1.00 e. The Labute approximate surface area is 129 Å². The molecule has 0 atom stereocenters. The number of nitrogens with zero attached hydrogens (tertiary/aromatic N) is 1. The lowest BCUT2D eigenvalue weighted by molar-refractivity contribution is -0.687. The molecule has 1 heterocycles. The number of ether oxygens (including phenoxy) is 1. The van der Waals surface area contributed by atoms with Crippen LogP contribution in [0.1, 0.15) is 11.3 Å². The highest BCUT2D eigenvalue weighted by molar-refractivity contribution is 5.68. The summed E-state index contributed by atoms with van der Waals surface area (Å²) in [6.45, 7) is -0.0569. The second-order valence-electron chi connectivity index (χ2n) is 4.26. The number of rotatable bonds is 5. The Bertz CT molecular complexity index is 641. The standard InChI is InChI=1S/C16H15NO3.ClH/c1-20-15-7-4-5-13(11-15)8-9-14-6-2-3-10-17(14)12-16(18)19;/h2-11H,12H2,1H3;1H/b9-8+;. The van der Waals surface area contributed by atoms with E-state index in [1.165, 1.54) is 0 Å². The first-order valence-corrected chi connectivity index (χ1v) is 6.21. The van der Waals surface area contributed by atoms with Crippen LogP contribution in [0.15, 0.2) is 48.7 Å². The second-order valence-corrected chi connectivity index (χ2v) is 4.26. The molecule has 1 aromatic heterocycles. The minimum absolute atomic E-state index is 0. The van der Waals surface area contributed by atoms with Crippen LogP contribution < -0.4 is 21.7 Å². The monoisotopic (exact) mass is 305 g/mol. The van der Waals surface area contributed by atoms with Gasteiger partial charge in [0.25, 0.3) is 0 Å². The molecule has 4 nitrogen and oxygen atoms in total. The molecule has 1 N–H and O–H groups in total. The Morgan fingerprint density at radius 3 is 2.76 bits per heavy atom. The van der Waals surface area contributed by atoms with Crippen LogP contribution in [0.5, 0.6) is 5.75 Å². The third-order valence-corrected chi connectivity index (χ3v) is 2.82. The van der Waals surface area contributed by atoms with Gasteiger partial charge in [-0.1, -0.05) is 12.1 Å². The van der Waals surface area contributed by atoms with Crippen molar-refractivity contribution in [1.29, 1.82) is 0 Å². The minimum Gasteiger partial charge on any atom is -1.00 e. The molecule has 0 aliphatic carbocycles. The molecule has 0 bridgehead atoms. The summed E-state index contributed by atoms with van der Waals surface area (Å²) < 4.78 is 6.85. The van der Waals surface area contributed by atoms with Gasteiger partial charge in [0.2, 0.25) is 12.2 Å². The Morgan fingerprint density at radius 1 is 1.24 bits per heavy atom. The van der Waals surface area contributed by atoms with Crippen molar-refractivity contribution < 1.29 is 31.6 Å². The molecule has 0 aliphatic rings. The van der Waals surface area contributed by atoms with Crippen LogP contribution in [0.25, 0.3) is 12.2 Å². The lowest BCUT2D eigenvalue weighted by atomic mass is 10.2. The molecule has 0 fully saturated rings. The van der Waals surface area contributed by atoms with Gasteiger partial charge in [-0.2, -0.15) is 4.57 Å². The van der Waals surface area contributed by atoms with Gasteiger partial charge < -0.3 is 22.3 Å². The van der Waals surface area contributed by atoms with Crippen molar-refractivity contribution in [2.24, 2.45) is 0 Å². The van der Waals surface area contributed by atoms with Crippen LogP contribution >= 0.6 is 0 Å². The van der Waals surface area contributed by atoms with E-state index in [4.69, 9.17) is 9.84 Å². The first kappa shape index (κ1) is 16.7. The van der Waals surface area contributed by atoms with E-state index in [-0.39, 0.29) is 19.0 Å². The maximum atomic E-state index is 10.8. The molecule has 1 aromatic carbocycles. The fourth-order valence-electron chi connectivity index (χ4n) is 1.86. The third-order valence-electron chi connectivity index (χ3n) is 2.82. The minimum atomic E-state index is -0.864. The summed E-state index contributed by atoms with van der Waals surface area (Å²) in [4.78, 5) is 10.8. The fraction of sp³-hybridized carbons (Fsp3) is 0.125. The van der Waals surface area contributed by atoms with Crippen molar-refractivity contribution in [2.75, 3.05) is 7.11 Å². The molecule has 0 aliphatic heterocycles. The van der Waals surface area contributed by atoms with Gasteiger partial charge in [0.15, 0.2) is 6.20 Å². The Kier molecular flexibility index (Phi) is 6.43. The predicted molar refractivity (Wildman–Crippen MR) is 76.2 cm³/mol. The van der Waals surface area contributed by atoms with Crippen molar-refractivity contribution in [3.8, 4) is 5.75 Å². The van der Waals surface area contributed by atoms with Gasteiger partial charge in [-0.3, -0.25) is 0 Å². The van der Waals surface area contributed by atoms with Crippen LogP contribution in [-0.4, -0.2) is 18.2 Å². The molecule has 0 spiro atoms. The van der Waals surface area contributed by atoms with Gasteiger partial charge in [0.1, 0.15) is 5.75 Å². The van der Waals surface area contributed by atoms with Crippen molar-refractivity contribution in [3.05, 3.63) is 59.9 Å². The number of carboxylic acids is 1. The molecule has 2 aromatic rings. The van der Waals surface area contributed by atoms with Crippen LogP contribution in [0.2, 0.25) is 0 Å². The quantitative estimate of drug-likeness (QED) is 0.739. The number of hydrogen-bond donors (Lipinski definition) is 1. The van der Waals surface area contributed by atoms with Crippen molar-refractivity contribution in [2.45, 2.75) is 6.54 Å². The average molecular weight is 306 g/mol. The summed E-state index contributed by atoms with van der Waals surface area (Å²) in [7, 11) is 1.63. The summed E-state index contributed by atoms with van der Waals surface area (Å²) in [5.41, 5.74) is 1.83. The van der Waals surface area contributed by atoms with Gasteiger partial charge in [0.05, 0.1) is 7.11 Å². The van der Waals surface area contributed by atoms with E-state index in [0.717, 1.165) is 17.0 Å². The second kappa shape index (κ2) is 8.07. The highest BCUT2D eigenvalue weighted by Crippen LogP contribution is 2.14. The maximum Gasteiger partial charge on any atom is 0.370 e. The van der Waals surface area contributed by atoms with Crippen molar-refractivity contribution in [3.63, 3.8) is 0 Å². The van der Waals surface area contributed by atoms with E-state index < -0.39 is 5.97 Å². The highest BCUT2D eigenvalue weighted by atomic mass is 35.5. The molecule has 0 amide bonds. The molecular formula is C16H16ClNO3. The number of aliphatic carboxylic acids is 1. The smallest absolute Gasteiger partial charge is 0.370 e. The summed E-state index contributed by atoms with van der Waals surface area (Å²) in [6, 6.07) is 13.2. The number of carboxylic acid groups (broad SMARTS) is 1. The fourth-order valence-corrected chi connectivity index (χ4v) is 1.86. The van der Waals surface area contributed by atoms with Crippen molar-refractivity contribution >= 4 is 18.1 Å². The molecule has 0 saturated carbocycles.